The highest BCUT2D eigenvalue weighted by Crippen LogP contribution is 2.14. The Morgan fingerprint density at radius 1 is 1.33 bits per heavy atom. The molecule has 112 valence electrons. The first-order valence-electron chi connectivity index (χ1n) is 7.53. The van der Waals surface area contributed by atoms with Gasteiger partial charge >= 0.3 is 0 Å². The van der Waals surface area contributed by atoms with Gasteiger partial charge in [-0.3, -0.25) is 4.79 Å². The van der Waals surface area contributed by atoms with Crippen molar-refractivity contribution in [1.82, 2.24) is 20.1 Å². The number of nitrogens with zero attached hydrogens (tertiary/aromatic N) is 3. The lowest BCUT2D eigenvalue weighted by molar-refractivity contribution is -0.121. The maximum atomic E-state index is 11.9. The van der Waals surface area contributed by atoms with Gasteiger partial charge in [0.05, 0.1) is 6.54 Å². The standard InChI is InChI=1S/C15H20N4OS/c20-15(8-7-12-5-4-10-21-12)16-11-14-18-17-13-6-2-1-3-9-19(13)14/h4-5,10H,1-3,6-9,11H2,(H,16,20). The molecule has 1 amide bonds. The molecule has 0 radical (unpaired) electrons. The van der Waals surface area contributed by atoms with E-state index in [0.29, 0.717) is 13.0 Å². The van der Waals surface area contributed by atoms with E-state index in [-0.39, 0.29) is 5.91 Å². The monoisotopic (exact) mass is 304 g/mol. The number of carbonyl (C=O) groups is 1. The Hall–Kier alpha value is -1.69. The summed E-state index contributed by atoms with van der Waals surface area (Å²) in [6.45, 7) is 1.46. The summed E-state index contributed by atoms with van der Waals surface area (Å²) in [7, 11) is 0. The van der Waals surface area contributed by atoms with Crippen LogP contribution in [0.25, 0.3) is 0 Å². The molecule has 3 rings (SSSR count). The van der Waals surface area contributed by atoms with Crippen LogP contribution in [-0.4, -0.2) is 20.7 Å². The Balaban J connectivity index is 1.50. The molecule has 0 spiro atoms. The first-order valence-corrected chi connectivity index (χ1v) is 8.41. The highest BCUT2D eigenvalue weighted by Gasteiger charge is 2.15. The summed E-state index contributed by atoms with van der Waals surface area (Å²) in [6, 6.07) is 4.08. The smallest absolute Gasteiger partial charge is 0.220 e. The van der Waals surface area contributed by atoms with Crippen LogP contribution < -0.4 is 5.32 Å². The van der Waals surface area contributed by atoms with Crippen LogP contribution in [0.2, 0.25) is 0 Å². The molecule has 2 aromatic rings. The minimum absolute atomic E-state index is 0.0781. The number of thiophene rings is 1. The molecule has 0 fully saturated rings. The van der Waals surface area contributed by atoms with Crippen molar-refractivity contribution < 1.29 is 4.79 Å². The fraction of sp³-hybridized carbons (Fsp3) is 0.533. The van der Waals surface area contributed by atoms with Crippen LogP contribution in [-0.2, 0) is 30.7 Å². The second kappa shape index (κ2) is 6.85. The number of hydrogen-bond donors (Lipinski definition) is 1. The summed E-state index contributed by atoms with van der Waals surface area (Å²) >= 11 is 1.70. The Kier molecular flexibility index (Phi) is 4.65. The van der Waals surface area contributed by atoms with Crippen LogP contribution in [0, 0.1) is 0 Å². The Labute approximate surface area is 128 Å². The predicted octanol–water partition coefficient (Wildman–Crippen LogP) is 2.32. The van der Waals surface area contributed by atoms with E-state index in [1.54, 1.807) is 11.3 Å². The van der Waals surface area contributed by atoms with E-state index in [9.17, 15) is 4.79 Å². The van der Waals surface area contributed by atoms with Gasteiger partial charge in [0.1, 0.15) is 5.82 Å². The molecule has 1 aliphatic rings. The lowest BCUT2D eigenvalue weighted by atomic mass is 10.2. The molecular formula is C15H20N4OS. The maximum absolute atomic E-state index is 11.9. The fourth-order valence-corrected chi connectivity index (χ4v) is 3.34. The van der Waals surface area contributed by atoms with Gasteiger partial charge in [0, 0.05) is 24.3 Å². The van der Waals surface area contributed by atoms with Gasteiger partial charge in [-0.2, -0.15) is 0 Å². The molecule has 3 heterocycles. The molecule has 0 bridgehead atoms. The number of hydrogen-bond acceptors (Lipinski definition) is 4. The molecule has 1 N–H and O–H groups in total. The molecule has 0 atom stereocenters. The van der Waals surface area contributed by atoms with Crippen LogP contribution in [0.3, 0.4) is 0 Å². The van der Waals surface area contributed by atoms with Crippen LogP contribution in [0.5, 0.6) is 0 Å². The zero-order valence-electron chi connectivity index (χ0n) is 12.0. The van der Waals surface area contributed by atoms with E-state index >= 15 is 0 Å². The fourth-order valence-electron chi connectivity index (χ4n) is 2.63. The zero-order valence-corrected chi connectivity index (χ0v) is 12.9. The molecular weight excluding hydrogens is 284 g/mol. The largest absolute Gasteiger partial charge is 0.349 e. The van der Waals surface area contributed by atoms with Gasteiger partial charge in [0.2, 0.25) is 5.91 Å². The zero-order chi connectivity index (χ0) is 14.5. The molecule has 0 saturated carbocycles. The van der Waals surface area contributed by atoms with Crippen molar-refractivity contribution in [2.24, 2.45) is 0 Å². The van der Waals surface area contributed by atoms with Crippen molar-refractivity contribution in [2.75, 3.05) is 0 Å². The third kappa shape index (κ3) is 3.69. The highest BCUT2D eigenvalue weighted by atomic mass is 32.1. The maximum Gasteiger partial charge on any atom is 0.220 e. The van der Waals surface area contributed by atoms with E-state index in [2.05, 4.69) is 26.1 Å². The molecule has 21 heavy (non-hydrogen) atoms. The van der Waals surface area contributed by atoms with Crippen molar-refractivity contribution in [3.63, 3.8) is 0 Å². The number of amides is 1. The summed E-state index contributed by atoms with van der Waals surface area (Å²) in [5.74, 6) is 2.03. The molecule has 0 aromatic carbocycles. The van der Waals surface area contributed by atoms with E-state index in [1.165, 1.54) is 24.1 Å². The van der Waals surface area contributed by atoms with Gasteiger partial charge in [-0.15, -0.1) is 21.5 Å². The Morgan fingerprint density at radius 2 is 2.29 bits per heavy atom. The first-order chi connectivity index (χ1) is 10.3. The van der Waals surface area contributed by atoms with Crippen LogP contribution in [0.1, 0.15) is 42.2 Å². The SMILES string of the molecule is O=C(CCc1cccs1)NCc1nnc2n1CCCCC2. The number of rotatable bonds is 5. The van der Waals surface area contributed by atoms with Crippen LogP contribution >= 0.6 is 11.3 Å². The third-order valence-electron chi connectivity index (χ3n) is 3.81. The third-order valence-corrected chi connectivity index (χ3v) is 4.74. The van der Waals surface area contributed by atoms with Gasteiger partial charge < -0.3 is 9.88 Å². The van der Waals surface area contributed by atoms with Crippen molar-refractivity contribution in [2.45, 2.75) is 51.6 Å². The number of aromatic nitrogens is 3. The average Bonchev–Trinajstić information content (AvgIpc) is 3.08. The summed E-state index contributed by atoms with van der Waals surface area (Å²) < 4.78 is 2.17. The van der Waals surface area contributed by atoms with Crippen molar-refractivity contribution in [3.8, 4) is 0 Å². The van der Waals surface area contributed by atoms with Crippen molar-refractivity contribution in [1.29, 1.82) is 0 Å². The van der Waals surface area contributed by atoms with Gasteiger partial charge in [0.25, 0.3) is 0 Å². The second-order valence-corrected chi connectivity index (χ2v) is 6.38. The number of carbonyl (C=O) groups excluding carboxylic acids is 1. The number of nitrogens with one attached hydrogen (secondary N) is 1. The van der Waals surface area contributed by atoms with Crippen molar-refractivity contribution >= 4 is 17.2 Å². The minimum atomic E-state index is 0.0781. The van der Waals surface area contributed by atoms with Crippen LogP contribution in [0.15, 0.2) is 17.5 Å². The highest BCUT2D eigenvalue weighted by molar-refractivity contribution is 7.09. The van der Waals surface area contributed by atoms with Gasteiger partial charge in [-0.25, -0.2) is 0 Å². The molecule has 0 unspecified atom stereocenters. The van der Waals surface area contributed by atoms with Crippen LogP contribution in [0.4, 0.5) is 0 Å². The Morgan fingerprint density at radius 3 is 3.14 bits per heavy atom. The average molecular weight is 304 g/mol. The number of aryl methyl sites for hydroxylation is 2. The molecule has 6 heteroatoms. The topological polar surface area (TPSA) is 59.8 Å². The molecule has 2 aromatic heterocycles. The summed E-state index contributed by atoms with van der Waals surface area (Å²) in [5.41, 5.74) is 0. The van der Waals surface area contributed by atoms with Gasteiger partial charge in [0.15, 0.2) is 5.82 Å². The predicted molar refractivity (Wildman–Crippen MR) is 82.1 cm³/mol. The normalized spacial score (nSPS) is 14.5. The summed E-state index contributed by atoms with van der Waals surface area (Å²) in [6.07, 6.45) is 5.94. The summed E-state index contributed by atoms with van der Waals surface area (Å²) in [5, 5.41) is 13.5. The van der Waals surface area contributed by atoms with E-state index < -0.39 is 0 Å². The molecule has 0 aliphatic carbocycles. The summed E-state index contributed by atoms with van der Waals surface area (Å²) in [4.78, 5) is 13.2. The molecule has 1 aliphatic heterocycles. The quantitative estimate of drug-likeness (QED) is 0.922. The van der Waals surface area contributed by atoms with E-state index in [0.717, 1.165) is 31.0 Å². The molecule has 5 nitrogen and oxygen atoms in total. The minimum Gasteiger partial charge on any atom is -0.349 e. The Bertz CT molecular complexity index is 591. The molecule has 0 saturated heterocycles. The van der Waals surface area contributed by atoms with Gasteiger partial charge in [-0.05, 0) is 30.7 Å². The number of fused-ring (bicyclic) bond motifs is 1. The van der Waals surface area contributed by atoms with Gasteiger partial charge in [-0.1, -0.05) is 12.5 Å². The lowest BCUT2D eigenvalue weighted by Crippen LogP contribution is -2.25. The van der Waals surface area contributed by atoms with Crippen molar-refractivity contribution in [3.05, 3.63) is 34.0 Å². The lowest BCUT2D eigenvalue weighted by Gasteiger charge is -2.08. The van der Waals surface area contributed by atoms with E-state index in [4.69, 9.17) is 0 Å². The second-order valence-electron chi connectivity index (χ2n) is 5.35. The first kappa shape index (κ1) is 14.3. The van der Waals surface area contributed by atoms with E-state index in [1.807, 2.05) is 11.4 Å².